The molecule has 1 saturated carbocycles. The number of aromatic nitrogens is 5. The van der Waals surface area contributed by atoms with Crippen LogP contribution in [0.4, 0.5) is 18.0 Å². The fraction of sp³-hybridized carbons (Fsp3) is 0.643. The molecule has 5 heterocycles. The van der Waals surface area contributed by atoms with Gasteiger partial charge in [0.05, 0.1) is 11.9 Å². The van der Waals surface area contributed by atoms with Crippen LogP contribution in [-0.4, -0.2) is 95.7 Å². The summed E-state index contributed by atoms with van der Waals surface area (Å²) in [6.07, 6.45) is 2.46. The lowest BCUT2D eigenvalue weighted by Crippen LogP contribution is -2.41. The number of hydrogen-bond donors (Lipinski definition) is 2. The Labute approximate surface area is 250 Å². The number of amides is 1. The summed E-state index contributed by atoms with van der Waals surface area (Å²) in [5, 5.41) is 16.0. The molecule has 0 bridgehead atoms. The van der Waals surface area contributed by atoms with Crippen molar-refractivity contribution < 1.29 is 37.1 Å². The molecule has 0 spiro atoms. The van der Waals surface area contributed by atoms with Crippen LogP contribution < -0.4 is 5.56 Å². The number of nitrogens with zero attached hydrogens (tertiary/aromatic N) is 6. The smallest absolute Gasteiger partial charge is 0.475 e. The number of carboxylic acid groups (broad SMARTS) is 1. The fourth-order valence-corrected chi connectivity index (χ4v) is 5.62. The van der Waals surface area contributed by atoms with E-state index in [-0.39, 0.29) is 17.6 Å². The molecule has 3 aromatic rings. The van der Waals surface area contributed by atoms with Gasteiger partial charge in [-0.25, -0.2) is 14.1 Å². The quantitative estimate of drug-likeness (QED) is 0.432. The number of carbonyl (C=O) groups is 2. The maximum absolute atomic E-state index is 12.6. The number of likely N-dealkylation sites (tertiary alicyclic amines) is 2. The van der Waals surface area contributed by atoms with Crippen LogP contribution in [0, 0.1) is 0 Å². The summed E-state index contributed by atoms with van der Waals surface area (Å²) in [4.78, 5) is 45.9. The summed E-state index contributed by atoms with van der Waals surface area (Å²) in [5.74, 6) is -1.27. The van der Waals surface area contributed by atoms with E-state index in [0.717, 1.165) is 56.3 Å². The summed E-state index contributed by atoms with van der Waals surface area (Å²) in [7, 11) is 0. The first kappa shape index (κ1) is 31.5. The molecule has 3 aliphatic rings. The van der Waals surface area contributed by atoms with E-state index in [1.54, 1.807) is 21.7 Å². The van der Waals surface area contributed by atoms with Crippen molar-refractivity contribution in [2.24, 2.45) is 0 Å². The van der Waals surface area contributed by atoms with E-state index in [9.17, 15) is 22.8 Å². The van der Waals surface area contributed by atoms with Gasteiger partial charge in [0.25, 0.3) is 11.4 Å². The Morgan fingerprint density at radius 1 is 1.02 bits per heavy atom. The molecular formula is C28H36F3N7O6. The van der Waals surface area contributed by atoms with Crippen molar-refractivity contribution in [2.45, 2.75) is 89.0 Å². The number of aliphatic carboxylic acids is 1. The molecule has 0 unspecified atom stereocenters. The average molecular weight is 624 g/mol. The third-order valence-corrected chi connectivity index (χ3v) is 7.97. The van der Waals surface area contributed by atoms with Gasteiger partial charge in [0.2, 0.25) is 0 Å². The van der Waals surface area contributed by atoms with Crippen LogP contribution in [0.3, 0.4) is 0 Å². The largest absolute Gasteiger partial charge is 0.490 e. The lowest BCUT2D eigenvalue weighted by molar-refractivity contribution is -0.192. The number of alkyl halides is 3. The molecule has 16 heteroatoms. The van der Waals surface area contributed by atoms with Crippen molar-refractivity contribution in [3.8, 4) is 11.5 Å². The highest BCUT2D eigenvalue weighted by Gasteiger charge is 2.38. The van der Waals surface area contributed by atoms with Crippen LogP contribution in [0.1, 0.15) is 82.7 Å². The number of nitrogens with one attached hydrogen (secondary N) is 1. The van der Waals surface area contributed by atoms with Crippen LogP contribution >= 0.6 is 0 Å². The number of aromatic amines is 1. The van der Waals surface area contributed by atoms with E-state index in [1.165, 1.54) is 12.8 Å². The Bertz CT molecular complexity index is 1540. The number of rotatable bonds is 4. The topological polar surface area (TPSA) is 159 Å². The number of fused-ring (bicyclic) bond motifs is 1. The van der Waals surface area contributed by atoms with Crippen molar-refractivity contribution in [3.63, 3.8) is 0 Å². The minimum atomic E-state index is -5.08. The zero-order chi connectivity index (χ0) is 31.8. The Morgan fingerprint density at radius 2 is 1.64 bits per heavy atom. The van der Waals surface area contributed by atoms with Crippen molar-refractivity contribution in [1.82, 2.24) is 34.5 Å². The van der Waals surface area contributed by atoms with E-state index in [2.05, 4.69) is 20.1 Å². The third-order valence-electron chi connectivity index (χ3n) is 7.97. The maximum Gasteiger partial charge on any atom is 0.490 e. The molecule has 3 aromatic heterocycles. The number of H-pyrrole nitrogens is 1. The number of carbonyl (C=O) groups excluding carboxylic acids is 1. The number of ether oxygens (including phenoxy) is 1. The highest BCUT2D eigenvalue weighted by molar-refractivity contribution is 5.73. The number of piperidine rings is 2. The summed E-state index contributed by atoms with van der Waals surface area (Å²) < 4.78 is 44.7. The highest BCUT2D eigenvalue weighted by atomic mass is 19.4. The van der Waals surface area contributed by atoms with Crippen molar-refractivity contribution in [2.75, 3.05) is 26.2 Å². The number of carboxylic acids is 1. The zero-order valence-corrected chi connectivity index (χ0v) is 24.8. The van der Waals surface area contributed by atoms with E-state index < -0.39 is 17.7 Å². The van der Waals surface area contributed by atoms with Crippen LogP contribution in [0.5, 0.6) is 0 Å². The number of halogens is 3. The van der Waals surface area contributed by atoms with Crippen molar-refractivity contribution >= 4 is 17.7 Å². The lowest BCUT2D eigenvalue weighted by atomic mass is 9.93. The van der Waals surface area contributed by atoms with Gasteiger partial charge in [-0.2, -0.15) is 23.3 Å². The minimum absolute atomic E-state index is 0.0890. The molecular weight excluding hydrogens is 587 g/mol. The van der Waals surface area contributed by atoms with Gasteiger partial charge < -0.3 is 29.2 Å². The van der Waals surface area contributed by atoms with E-state index in [1.807, 2.05) is 20.8 Å². The Kier molecular flexibility index (Phi) is 8.73. The SMILES string of the molecule is CC(C)(C)OC(=O)N1CCC(c2cc(=O)[nH]c3c(-c4nc(C5CCN(C6CC6)CC5)no4)cnn23)CC1.O=C(O)C(F)(F)F. The predicted octanol–water partition coefficient (Wildman–Crippen LogP) is 4.16. The third kappa shape index (κ3) is 7.39. The van der Waals surface area contributed by atoms with Crippen molar-refractivity contribution in [1.29, 1.82) is 0 Å². The van der Waals surface area contributed by atoms with Gasteiger partial charge in [0.1, 0.15) is 16.8 Å². The van der Waals surface area contributed by atoms with Gasteiger partial charge in [-0.05, 0) is 72.4 Å². The standard InChI is InChI=1S/C26H35N7O4.C2HF3O2/c1-26(2,3)36-25(35)32-12-6-16(7-13-32)20-14-21(34)28-23-19(15-27-33(20)23)24-29-22(30-37-24)17-8-10-31(11-9-17)18-4-5-18;3-2(4,5)1(6)7/h14-18H,4-13H2,1-3H3,(H,28,34);(H,6,7). The lowest BCUT2D eigenvalue weighted by Gasteiger charge is -2.33. The Balaban J connectivity index is 0.000000493. The van der Waals surface area contributed by atoms with Gasteiger partial charge in [-0.1, -0.05) is 5.16 Å². The maximum atomic E-state index is 12.6. The summed E-state index contributed by atoms with van der Waals surface area (Å²) in [6, 6.07) is 2.39. The zero-order valence-electron chi connectivity index (χ0n) is 24.8. The molecule has 0 aromatic carbocycles. The first-order chi connectivity index (χ1) is 20.7. The van der Waals surface area contributed by atoms with Crippen LogP contribution in [-0.2, 0) is 9.53 Å². The monoisotopic (exact) mass is 623 g/mol. The van der Waals surface area contributed by atoms with Gasteiger partial charge in [0.15, 0.2) is 5.82 Å². The molecule has 6 rings (SSSR count). The second-order valence-corrected chi connectivity index (χ2v) is 12.4. The molecule has 0 radical (unpaired) electrons. The predicted molar refractivity (Wildman–Crippen MR) is 149 cm³/mol. The molecule has 0 atom stereocenters. The van der Waals surface area contributed by atoms with Crippen molar-refractivity contribution in [3.05, 3.63) is 34.1 Å². The molecule has 2 saturated heterocycles. The van der Waals surface area contributed by atoms with E-state index >= 15 is 0 Å². The minimum Gasteiger partial charge on any atom is -0.475 e. The second-order valence-electron chi connectivity index (χ2n) is 12.4. The van der Waals surface area contributed by atoms with Crippen LogP contribution in [0.15, 0.2) is 21.6 Å². The molecule has 2 N–H and O–H groups in total. The second kappa shape index (κ2) is 12.2. The van der Waals surface area contributed by atoms with Gasteiger partial charge in [-0.15, -0.1) is 0 Å². The number of hydrogen-bond acceptors (Lipinski definition) is 9. The van der Waals surface area contributed by atoms with E-state index in [4.69, 9.17) is 24.1 Å². The summed E-state index contributed by atoms with van der Waals surface area (Å²) in [5.41, 5.74) is 1.27. The first-order valence-corrected chi connectivity index (χ1v) is 14.7. The molecule has 2 aliphatic heterocycles. The van der Waals surface area contributed by atoms with Crippen LogP contribution in [0.25, 0.3) is 17.1 Å². The molecule has 240 valence electrons. The summed E-state index contributed by atoms with van der Waals surface area (Å²) in [6.45, 7) is 8.89. The fourth-order valence-electron chi connectivity index (χ4n) is 5.62. The average Bonchev–Trinajstić information content (AvgIpc) is 3.54. The first-order valence-electron chi connectivity index (χ1n) is 14.7. The van der Waals surface area contributed by atoms with Gasteiger partial charge >= 0.3 is 18.2 Å². The molecule has 44 heavy (non-hydrogen) atoms. The molecule has 3 fully saturated rings. The Hall–Kier alpha value is -3.95. The normalized spacial score (nSPS) is 19.1. The summed E-state index contributed by atoms with van der Waals surface area (Å²) >= 11 is 0. The highest BCUT2D eigenvalue weighted by Crippen LogP contribution is 2.35. The Morgan fingerprint density at radius 3 is 2.20 bits per heavy atom. The molecule has 13 nitrogen and oxygen atoms in total. The molecule has 1 aliphatic carbocycles. The van der Waals surface area contributed by atoms with Gasteiger partial charge in [0, 0.05) is 37.0 Å². The van der Waals surface area contributed by atoms with E-state index in [0.29, 0.717) is 36.1 Å². The van der Waals surface area contributed by atoms with Gasteiger partial charge in [-0.3, -0.25) is 4.79 Å². The van der Waals surface area contributed by atoms with Crippen LogP contribution in [0.2, 0.25) is 0 Å². The molecule has 1 amide bonds.